The lowest BCUT2D eigenvalue weighted by molar-refractivity contribution is -0.0878. The number of rotatable bonds is 3. The van der Waals surface area contributed by atoms with Gasteiger partial charge in [-0.1, -0.05) is 44.7 Å². The van der Waals surface area contributed by atoms with E-state index in [0.717, 1.165) is 6.08 Å². The Morgan fingerprint density at radius 1 is 1.23 bits per heavy atom. The lowest BCUT2D eigenvalue weighted by Gasteiger charge is -2.03. The number of hydrogen-bond acceptors (Lipinski definition) is 0. The highest BCUT2D eigenvalue weighted by Gasteiger charge is 2.29. The summed E-state index contributed by atoms with van der Waals surface area (Å²) in [5.41, 5.74) is -0.832. The zero-order valence-corrected chi connectivity index (χ0v) is 7.73. The van der Waals surface area contributed by atoms with Gasteiger partial charge in [-0.3, -0.25) is 0 Å². The van der Waals surface area contributed by atoms with Crippen LogP contribution in [0, 0.1) is 5.92 Å². The first-order valence-corrected chi connectivity index (χ1v) is 3.95. The molecule has 0 aliphatic rings. The van der Waals surface area contributed by atoms with E-state index in [0.29, 0.717) is 5.92 Å². The summed E-state index contributed by atoms with van der Waals surface area (Å²) in [7, 11) is 0. The zero-order valence-electron chi connectivity index (χ0n) is 7.73. The minimum Gasteiger partial charge on any atom is -0.166 e. The number of allylic oxidation sites excluding steroid dienone is 5. The van der Waals surface area contributed by atoms with E-state index in [1.54, 1.807) is 12.2 Å². The molecule has 0 rings (SSSR count). The molecule has 0 aromatic carbocycles. The molecule has 0 aromatic rings. The van der Waals surface area contributed by atoms with Gasteiger partial charge >= 0.3 is 6.18 Å². The highest BCUT2D eigenvalue weighted by molar-refractivity contribution is 5.23. The Hall–Kier alpha value is -0.990. The van der Waals surface area contributed by atoms with Gasteiger partial charge in [-0.05, 0) is 5.92 Å². The highest BCUT2D eigenvalue weighted by atomic mass is 19.4. The van der Waals surface area contributed by atoms with Crippen LogP contribution in [-0.4, -0.2) is 6.18 Å². The van der Waals surface area contributed by atoms with Gasteiger partial charge in [-0.25, -0.2) is 0 Å². The van der Waals surface area contributed by atoms with Crippen LogP contribution >= 0.6 is 0 Å². The molecule has 74 valence electrons. The van der Waals surface area contributed by atoms with Gasteiger partial charge in [0, 0.05) is 5.57 Å². The molecule has 0 saturated heterocycles. The van der Waals surface area contributed by atoms with E-state index in [4.69, 9.17) is 0 Å². The van der Waals surface area contributed by atoms with Crippen molar-refractivity contribution in [2.24, 2.45) is 5.92 Å². The molecule has 0 radical (unpaired) electrons. The van der Waals surface area contributed by atoms with Crippen LogP contribution in [0.3, 0.4) is 0 Å². The van der Waals surface area contributed by atoms with Crippen LogP contribution in [0.4, 0.5) is 13.2 Å². The third-order valence-corrected chi connectivity index (χ3v) is 1.27. The summed E-state index contributed by atoms with van der Waals surface area (Å²) in [5.74, 6) is 0.337. The maximum atomic E-state index is 11.9. The SMILES string of the molecule is C=C(/C=C\C=C/C(C)C)C(F)(F)F. The van der Waals surface area contributed by atoms with E-state index in [1.165, 1.54) is 6.08 Å². The number of alkyl halides is 3. The largest absolute Gasteiger partial charge is 0.415 e. The second kappa shape index (κ2) is 4.90. The van der Waals surface area contributed by atoms with E-state index in [-0.39, 0.29) is 0 Å². The fourth-order valence-corrected chi connectivity index (χ4v) is 0.553. The molecule has 0 aliphatic heterocycles. The standard InChI is InChI=1S/C10H13F3/c1-8(2)6-4-5-7-9(3)10(11,12)13/h4-8H,3H2,1-2H3/b6-4-,7-5-. The molecule has 0 N–H and O–H groups in total. The molecule has 0 unspecified atom stereocenters. The third kappa shape index (κ3) is 6.20. The molecule has 0 spiro atoms. The van der Waals surface area contributed by atoms with E-state index in [2.05, 4.69) is 6.58 Å². The van der Waals surface area contributed by atoms with E-state index >= 15 is 0 Å². The lowest BCUT2D eigenvalue weighted by Crippen LogP contribution is -2.08. The van der Waals surface area contributed by atoms with E-state index in [1.807, 2.05) is 13.8 Å². The maximum Gasteiger partial charge on any atom is 0.415 e. The van der Waals surface area contributed by atoms with Crippen molar-refractivity contribution in [3.63, 3.8) is 0 Å². The number of hydrogen-bond donors (Lipinski definition) is 0. The van der Waals surface area contributed by atoms with Crippen LogP contribution < -0.4 is 0 Å². The molecule has 13 heavy (non-hydrogen) atoms. The van der Waals surface area contributed by atoms with Gasteiger partial charge in [-0.15, -0.1) is 0 Å². The Bertz CT molecular complexity index is 219. The Morgan fingerprint density at radius 2 is 1.77 bits per heavy atom. The topological polar surface area (TPSA) is 0 Å². The zero-order chi connectivity index (χ0) is 10.5. The molecule has 0 fully saturated rings. The summed E-state index contributed by atoms with van der Waals surface area (Å²) in [6.45, 7) is 6.79. The van der Waals surface area contributed by atoms with Gasteiger partial charge in [-0.2, -0.15) is 13.2 Å². The van der Waals surface area contributed by atoms with Crippen LogP contribution in [0.25, 0.3) is 0 Å². The van der Waals surface area contributed by atoms with Crippen LogP contribution in [0.5, 0.6) is 0 Å². The van der Waals surface area contributed by atoms with Crippen molar-refractivity contribution in [1.29, 1.82) is 0 Å². The molecular weight excluding hydrogens is 177 g/mol. The number of halogens is 3. The van der Waals surface area contributed by atoms with Crippen molar-refractivity contribution < 1.29 is 13.2 Å². The first-order chi connectivity index (χ1) is 5.84. The summed E-state index contributed by atoms with van der Waals surface area (Å²) in [4.78, 5) is 0. The highest BCUT2D eigenvalue weighted by Crippen LogP contribution is 2.24. The molecule has 0 atom stereocenters. The Balaban J connectivity index is 4.08. The Kier molecular flexibility index (Phi) is 4.52. The molecule has 0 heterocycles. The maximum absolute atomic E-state index is 11.9. The van der Waals surface area contributed by atoms with Crippen LogP contribution in [0.2, 0.25) is 0 Å². The monoisotopic (exact) mass is 190 g/mol. The molecule has 0 amide bonds. The normalized spacial score (nSPS) is 13.4. The average molecular weight is 190 g/mol. The molecule has 0 aromatic heterocycles. The molecule has 0 saturated carbocycles. The Morgan fingerprint density at radius 3 is 2.15 bits per heavy atom. The molecule has 0 bridgehead atoms. The van der Waals surface area contributed by atoms with Gasteiger partial charge in [0.25, 0.3) is 0 Å². The van der Waals surface area contributed by atoms with E-state index in [9.17, 15) is 13.2 Å². The smallest absolute Gasteiger partial charge is 0.166 e. The van der Waals surface area contributed by atoms with Crippen LogP contribution in [0.15, 0.2) is 36.5 Å². The van der Waals surface area contributed by atoms with E-state index < -0.39 is 11.7 Å². The van der Waals surface area contributed by atoms with Crippen molar-refractivity contribution >= 4 is 0 Å². The molecule has 0 nitrogen and oxygen atoms in total. The summed E-state index contributed by atoms with van der Waals surface area (Å²) >= 11 is 0. The average Bonchev–Trinajstić information content (AvgIpc) is 1.95. The summed E-state index contributed by atoms with van der Waals surface area (Å²) < 4.78 is 35.6. The molecule has 0 aliphatic carbocycles. The summed E-state index contributed by atoms with van der Waals surface area (Å²) in [6, 6.07) is 0. The van der Waals surface area contributed by atoms with Crippen molar-refractivity contribution in [3.8, 4) is 0 Å². The van der Waals surface area contributed by atoms with Crippen molar-refractivity contribution in [2.75, 3.05) is 0 Å². The predicted molar refractivity (Wildman–Crippen MR) is 48.3 cm³/mol. The lowest BCUT2D eigenvalue weighted by atomic mass is 10.2. The van der Waals surface area contributed by atoms with Crippen LogP contribution in [-0.2, 0) is 0 Å². The second-order valence-electron chi connectivity index (χ2n) is 3.01. The minimum atomic E-state index is -4.32. The van der Waals surface area contributed by atoms with Crippen molar-refractivity contribution in [2.45, 2.75) is 20.0 Å². The van der Waals surface area contributed by atoms with Gasteiger partial charge in [0.15, 0.2) is 0 Å². The third-order valence-electron chi connectivity index (χ3n) is 1.27. The Labute approximate surface area is 76.5 Å². The first kappa shape index (κ1) is 12.0. The second-order valence-corrected chi connectivity index (χ2v) is 3.01. The fourth-order valence-electron chi connectivity index (χ4n) is 0.553. The molecule has 3 heteroatoms. The van der Waals surface area contributed by atoms with Gasteiger partial charge < -0.3 is 0 Å². The summed E-state index contributed by atoms with van der Waals surface area (Å²) in [5, 5.41) is 0. The van der Waals surface area contributed by atoms with Gasteiger partial charge in [0.2, 0.25) is 0 Å². The quantitative estimate of drug-likeness (QED) is 0.592. The predicted octanol–water partition coefficient (Wildman–Crippen LogP) is 3.87. The summed E-state index contributed by atoms with van der Waals surface area (Å²) in [6.07, 6.45) is 1.37. The van der Waals surface area contributed by atoms with Crippen LogP contribution in [0.1, 0.15) is 13.8 Å². The van der Waals surface area contributed by atoms with Crippen molar-refractivity contribution in [3.05, 3.63) is 36.5 Å². The first-order valence-electron chi connectivity index (χ1n) is 3.95. The fraction of sp³-hybridized carbons (Fsp3) is 0.400. The van der Waals surface area contributed by atoms with Gasteiger partial charge in [0.05, 0.1) is 0 Å². The molecular formula is C10H13F3. The van der Waals surface area contributed by atoms with Crippen molar-refractivity contribution in [1.82, 2.24) is 0 Å². The van der Waals surface area contributed by atoms with Gasteiger partial charge in [0.1, 0.15) is 0 Å². The minimum absolute atomic E-state index is 0.337.